The van der Waals surface area contributed by atoms with E-state index < -0.39 is 165 Å². The maximum Gasteiger partial charge on any atom is 0.328 e. The van der Waals surface area contributed by atoms with E-state index in [1.807, 2.05) is 5.32 Å². The molecule has 0 aliphatic carbocycles. The van der Waals surface area contributed by atoms with Gasteiger partial charge in [0, 0.05) is 12.8 Å². The van der Waals surface area contributed by atoms with Crippen molar-refractivity contribution < 1.29 is 78.3 Å². The minimum absolute atomic E-state index is 0.0106. The maximum absolute atomic E-state index is 13.8. The number of carbonyl (C=O) groups is 11. The van der Waals surface area contributed by atoms with Gasteiger partial charge in [0.25, 0.3) is 0 Å². The van der Waals surface area contributed by atoms with Gasteiger partial charge in [-0.25, -0.2) is 4.79 Å². The van der Waals surface area contributed by atoms with Crippen LogP contribution < -0.4 is 65.5 Å². The van der Waals surface area contributed by atoms with E-state index in [-0.39, 0.29) is 19.4 Å². The Morgan fingerprint density at radius 2 is 1.00 bits per heavy atom. The van der Waals surface area contributed by atoms with E-state index in [1.165, 1.54) is 0 Å². The molecule has 0 spiro atoms. The molecule has 0 bridgehead atoms. The molecule has 0 saturated heterocycles. The largest absolute Gasteiger partial charge is 0.480 e. The van der Waals surface area contributed by atoms with Gasteiger partial charge in [-0.05, 0) is 51.6 Å². The van der Waals surface area contributed by atoms with E-state index in [0.717, 1.165) is 13.8 Å². The van der Waals surface area contributed by atoms with Gasteiger partial charge in [-0.2, -0.15) is 0 Å². The van der Waals surface area contributed by atoms with Crippen LogP contribution in [0.15, 0.2) is 30.3 Å². The quantitative estimate of drug-likeness (QED) is 0.0298. The lowest BCUT2D eigenvalue weighted by Gasteiger charge is -2.27. The molecule has 10 atom stereocenters. The molecule has 0 fully saturated rings. The van der Waals surface area contributed by atoms with Crippen molar-refractivity contribution in [3.8, 4) is 0 Å². The van der Waals surface area contributed by atoms with Crippen molar-refractivity contribution in [2.24, 2.45) is 22.9 Å². The van der Waals surface area contributed by atoms with E-state index in [0.29, 0.717) is 18.4 Å². The Balaban J connectivity index is 3.27. The zero-order chi connectivity index (χ0) is 51.7. The van der Waals surface area contributed by atoms with Gasteiger partial charge in [-0.1, -0.05) is 30.3 Å². The molecule has 10 amide bonds. The van der Waals surface area contributed by atoms with Crippen LogP contribution >= 0.6 is 0 Å². The maximum atomic E-state index is 13.8. The average molecular weight is 969 g/mol. The molecule has 0 aliphatic rings. The molecule has 0 aliphatic heterocycles. The first-order chi connectivity index (χ1) is 32.0. The number of hydrogen-bond donors (Lipinski definition) is 17. The number of aliphatic hydroxyl groups is 4. The number of aliphatic hydroxyl groups excluding tert-OH is 4. The average Bonchev–Trinajstić information content (AvgIpc) is 3.28. The SMILES string of the molecule is C[C@H](NC(=O)[C@H](CO)NC(=O)[C@H](CC(N)=O)NC(=O)[C@H](CCCCN)NC(=O)[C@@H](N)CO)C(=O)N[C@@H](CCC(N)=O)C(=O)N[C@@H](Cc1ccccc1)C(=O)N[C@@H](CO)C(=O)N[C@H](C(=O)O)[C@@H](C)O. The van der Waals surface area contributed by atoms with Crippen molar-refractivity contribution in [2.75, 3.05) is 26.4 Å². The van der Waals surface area contributed by atoms with Crippen molar-refractivity contribution >= 4 is 65.0 Å². The van der Waals surface area contributed by atoms with Crippen LogP contribution in [0.2, 0.25) is 0 Å². The lowest BCUT2D eigenvalue weighted by molar-refractivity contribution is -0.145. The second-order valence-corrected chi connectivity index (χ2v) is 15.5. The third-order valence-electron chi connectivity index (χ3n) is 9.81. The molecule has 28 heteroatoms. The van der Waals surface area contributed by atoms with E-state index in [2.05, 4.69) is 37.2 Å². The number of unbranched alkanes of at least 4 members (excludes halogenated alkanes) is 1. The summed E-state index contributed by atoms with van der Waals surface area (Å²) in [6.07, 6.45) is -2.88. The van der Waals surface area contributed by atoms with Crippen LogP contribution in [-0.2, 0) is 59.2 Å². The molecule has 0 heterocycles. The number of hydrogen-bond acceptors (Lipinski definition) is 17. The fraction of sp³-hybridized carbons (Fsp3) is 0.575. The highest BCUT2D eigenvalue weighted by atomic mass is 16.4. The van der Waals surface area contributed by atoms with E-state index >= 15 is 0 Å². The Kier molecular flexibility index (Phi) is 26.5. The number of amides is 10. The standard InChI is InChI=1S/C40H64N12O16/c1-19(45-38(65)27(17-54)50-37(64)26(15-30(44)58)49-34(61)23(10-6-7-13-41)47-33(60)22(42)16-53)32(59)46-24(11-12-29(43)57)35(62)48-25(14-21-8-4-3-5-9-21)36(63)51-28(18-55)39(66)52-31(20(2)56)40(67)68/h3-5,8-9,19-20,22-28,31,53-56H,6-7,10-18,41-42H2,1-2H3,(H2,43,57)(H2,44,58)(H,45,65)(H,46,59)(H,47,60)(H,48,62)(H,49,61)(H,50,64)(H,51,63)(H,52,66)(H,67,68)/t19-,20+,22-,23-,24-,25-,26-,27-,28-,31-/m0/s1. The van der Waals surface area contributed by atoms with Crippen molar-refractivity contribution in [1.29, 1.82) is 0 Å². The highest BCUT2D eigenvalue weighted by molar-refractivity contribution is 5.99. The summed E-state index contributed by atoms with van der Waals surface area (Å²) in [5, 5.41) is 66.1. The van der Waals surface area contributed by atoms with Gasteiger partial charge in [-0.15, -0.1) is 0 Å². The molecular formula is C40H64N12O16. The lowest BCUT2D eigenvalue weighted by atomic mass is 10.0. The highest BCUT2D eigenvalue weighted by Gasteiger charge is 2.35. The van der Waals surface area contributed by atoms with E-state index in [9.17, 15) is 78.3 Å². The predicted octanol–water partition coefficient (Wildman–Crippen LogP) is -8.83. The monoisotopic (exact) mass is 968 g/mol. The number of aliphatic carboxylic acids is 1. The minimum Gasteiger partial charge on any atom is -0.480 e. The molecule has 1 aromatic carbocycles. The van der Waals surface area contributed by atoms with Crippen molar-refractivity contribution in [1.82, 2.24) is 42.5 Å². The number of rotatable bonds is 32. The summed E-state index contributed by atoms with van der Waals surface area (Å²) in [5.41, 5.74) is 22.1. The highest BCUT2D eigenvalue weighted by Crippen LogP contribution is 2.08. The van der Waals surface area contributed by atoms with Gasteiger partial charge >= 0.3 is 5.97 Å². The molecule has 0 saturated carbocycles. The number of carboxylic acid groups (broad SMARTS) is 1. The van der Waals surface area contributed by atoms with Crippen LogP contribution in [0, 0.1) is 0 Å². The molecule has 1 aromatic rings. The van der Waals surface area contributed by atoms with Crippen LogP contribution in [0.4, 0.5) is 0 Å². The second kappa shape index (κ2) is 30.4. The Morgan fingerprint density at radius 1 is 0.544 bits per heavy atom. The first kappa shape index (κ1) is 59.2. The van der Waals surface area contributed by atoms with Crippen molar-refractivity contribution in [2.45, 2.75) is 119 Å². The Bertz CT molecular complexity index is 1910. The van der Waals surface area contributed by atoms with E-state index in [1.54, 1.807) is 30.3 Å². The molecule has 0 unspecified atom stereocenters. The van der Waals surface area contributed by atoms with Gasteiger partial charge in [0.05, 0.1) is 32.3 Å². The number of carbonyl (C=O) groups excluding carboxylic acids is 10. The summed E-state index contributed by atoms with van der Waals surface area (Å²) >= 11 is 0. The summed E-state index contributed by atoms with van der Waals surface area (Å²) < 4.78 is 0. The summed E-state index contributed by atoms with van der Waals surface area (Å²) in [4.78, 5) is 141. The summed E-state index contributed by atoms with van der Waals surface area (Å²) in [7, 11) is 0. The minimum atomic E-state index is -1.84. The summed E-state index contributed by atoms with van der Waals surface area (Å²) in [5.74, 6) is -12.4. The van der Waals surface area contributed by atoms with Gasteiger partial charge in [-0.3, -0.25) is 47.9 Å². The number of primary amides is 2. The third-order valence-corrected chi connectivity index (χ3v) is 9.81. The molecule has 68 heavy (non-hydrogen) atoms. The smallest absolute Gasteiger partial charge is 0.328 e. The molecule has 1 rings (SSSR count). The Labute approximate surface area is 389 Å². The topological polar surface area (TPSA) is 489 Å². The molecule has 0 aromatic heterocycles. The number of benzene rings is 1. The number of nitrogens with one attached hydrogen (secondary N) is 8. The number of carboxylic acids is 1. The van der Waals surface area contributed by atoms with Crippen LogP contribution in [-0.4, -0.2) is 177 Å². The number of nitrogens with two attached hydrogens (primary N) is 4. The van der Waals surface area contributed by atoms with Gasteiger partial charge in [0.1, 0.15) is 48.3 Å². The van der Waals surface area contributed by atoms with Gasteiger partial charge in [0.2, 0.25) is 59.1 Å². The summed E-state index contributed by atoms with van der Waals surface area (Å²) in [6, 6.07) is -6.69. The van der Waals surface area contributed by atoms with Crippen LogP contribution in [0.1, 0.15) is 57.9 Å². The molecule has 28 nitrogen and oxygen atoms in total. The van der Waals surface area contributed by atoms with Crippen molar-refractivity contribution in [3.05, 3.63) is 35.9 Å². The molecule has 21 N–H and O–H groups in total. The third kappa shape index (κ3) is 21.2. The van der Waals surface area contributed by atoms with Gasteiger partial charge in [0.15, 0.2) is 6.04 Å². The van der Waals surface area contributed by atoms with E-state index in [4.69, 9.17) is 22.9 Å². The fourth-order valence-electron chi connectivity index (χ4n) is 5.94. The zero-order valence-corrected chi connectivity index (χ0v) is 37.5. The van der Waals surface area contributed by atoms with Crippen molar-refractivity contribution in [3.63, 3.8) is 0 Å². The van der Waals surface area contributed by atoms with Crippen LogP contribution in [0.3, 0.4) is 0 Å². The molecule has 380 valence electrons. The fourth-order valence-corrected chi connectivity index (χ4v) is 5.94. The normalized spacial score (nSPS) is 15.4. The Hall–Kier alpha value is -6.85. The summed E-state index contributed by atoms with van der Waals surface area (Å²) in [6.45, 7) is -0.470. The predicted molar refractivity (Wildman–Crippen MR) is 235 cm³/mol. The first-order valence-electron chi connectivity index (χ1n) is 21.2. The molecule has 0 radical (unpaired) electrons. The van der Waals surface area contributed by atoms with Crippen LogP contribution in [0.25, 0.3) is 0 Å². The Morgan fingerprint density at radius 3 is 1.49 bits per heavy atom. The van der Waals surface area contributed by atoms with Crippen LogP contribution in [0.5, 0.6) is 0 Å². The van der Waals surface area contributed by atoms with Gasteiger partial charge < -0.3 is 91.0 Å². The first-order valence-corrected chi connectivity index (χ1v) is 21.2. The lowest BCUT2D eigenvalue weighted by Crippen LogP contribution is -2.61. The molecular weight excluding hydrogens is 905 g/mol. The second-order valence-electron chi connectivity index (χ2n) is 15.5. The zero-order valence-electron chi connectivity index (χ0n) is 37.5.